The van der Waals surface area contributed by atoms with Crippen LogP contribution in [-0.2, 0) is 0 Å². The Morgan fingerprint density at radius 2 is 1.82 bits per heavy atom. The van der Waals surface area contributed by atoms with Crippen molar-refractivity contribution >= 4 is 16.7 Å². The SMILES string of the molecule is CC(O)Oc1ccc2cc(C(=O)O)ccc2c1. The summed E-state index contributed by atoms with van der Waals surface area (Å²) in [6, 6.07) is 10.1. The lowest BCUT2D eigenvalue weighted by molar-refractivity contribution is -0.000190. The minimum atomic E-state index is -0.948. The molecular weight excluding hydrogens is 220 g/mol. The van der Waals surface area contributed by atoms with Crippen molar-refractivity contribution in [2.75, 3.05) is 0 Å². The van der Waals surface area contributed by atoms with Gasteiger partial charge in [0.2, 0.25) is 0 Å². The second-order valence-electron chi connectivity index (χ2n) is 3.75. The molecule has 4 nitrogen and oxygen atoms in total. The van der Waals surface area contributed by atoms with E-state index in [1.54, 1.807) is 30.3 Å². The lowest BCUT2D eigenvalue weighted by atomic mass is 10.1. The van der Waals surface area contributed by atoms with E-state index in [9.17, 15) is 4.79 Å². The monoisotopic (exact) mass is 232 g/mol. The first-order valence-electron chi connectivity index (χ1n) is 5.18. The number of hydrogen-bond acceptors (Lipinski definition) is 3. The molecule has 0 saturated carbocycles. The summed E-state index contributed by atoms with van der Waals surface area (Å²) in [5.74, 6) is -0.396. The first-order chi connectivity index (χ1) is 8.06. The van der Waals surface area contributed by atoms with Gasteiger partial charge in [-0.15, -0.1) is 0 Å². The van der Waals surface area contributed by atoms with Crippen molar-refractivity contribution in [1.82, 2.24) is 0 Å². The number of ether oxygens (including phenoxy) is 1. The minimum absolute atomic E-state index is 0.252. The third-order valence-corrected chi connectivity index (χ3v) is 2.37. The zero-order valence-electron chi connectivity index (χ0n) is 9.25. The first-order valence-corrected chi connectivity index (χ1v) is 5.18. The van der Waals surface area contributed by atoms with Gasteiger partial charge in [0.05, 0.1) is 5.56 Å². The molecule has 88 valence electrons. The van der Waals surface area contributed by atoms with Crippen LogP contribution in [0.25, 0.3) is 10.8 Å². The Hall–Kier alpha value is -2.07. The average molecular weight is 232 g/mol. The number of aliphatic hydroxyl groups excluding tert-OH is 1. The maximum absolute atomic E-state index is 10.8. The molecule has 2 rings (SSSR count). The van der Waals surface area contributed by atoms with Crippen LogP contribution in [-0.4, -0.2) is 22.5 Å². The molecule has 0 amide bonds. The summed E-state index contributed by atoms with van der Waals surface area (Å²) in [4.78, 5) is 10.8. The number of hydrogen-bond donors (Lipinski definition) is 2. The number of carboxylic acids is 1. The van der Waals surface area contributed by atoms with E-state index in [-0.39, 0.29) is 5.56 Å². The van der Waals surface area contributed by atoms with Crippen LogP contribution in [0, 0.1) is 0 Å². The Balaban J connectivity index is 2.43. The predicted octanol–water partition coefficient (Wildman–Crippen LogP) is 2.26. The Labute approximate surface area is 98.1 Å². The lowest BCUT2D eigenvalue weighted by Gasteiger charge is -2.09. The van der Waals surface area contributed by atoms with E-state index in [1.165, 1.54) is 13.0 Å². The summed E-state index contributed by atoms with van der Waals surface area (Å²) < 4.78 is 5.14. The molecule has 0 fully saturated rings. The maximum atomic E-state index is 10.8. The predicted molar refractivity (Wildman–Crippen MR) is 63.2 cm³/mol. The van der Waals surface area contributed by atoms with Gasteiger partial charge in [-0.2, -0.15) is 0 Å². The van der Waals surface area contributed by atoms with Crippen LogP contribution in [0.15, 0.2) is 36.4 Å². The van der Waals surface area contributed by atoms with Crippen molar-refractivity contribution in [1.29, 1.82) is 0 Å². The Kier molecular flexibility index (Phi) is 2.97. The summed E-state index contributed by atoms with van der Waals surface area (Å²) in [6.07, 6.45) is -0.870. The van der Waals surface area contributed by atoms with Gasteiger partial charge in [0.1, 0.15) is 5.75 Å². The topological polar surface area (TPSA) is 66.8 Å². The summed E-state index contributed by atoms with van der Waals surface area (Å²) in [7, 11) is 0. The van der Waals surface area contributed by atoms with Gasteiger partial charge >= 0.3 is 5.97 Å². The second-order valence-corrected chi connectivity index (χ2v) is 3.75. The average Bonchev–Trinajstić information content (AvgIpc) is 2.27. The van der Waals surface area contributed by atoms with Crippen molar-refractivity contribution in [2.45, 2.75) is 13.2 Å². The van der Waals surface area contributed by atoms with Crippen LogP contribution < -0.4 is 4.74 Å². The lowest BCUT2D eigenvalue weighted by Crippen LogP contribution is -2.09. The van der Waals surface area contributed by atoms with E-state index in [0.717, 1.165) is 10.8 Å². The second kappa shape index (κ2) is 4.43. The van der Waals surface area contributed by atoms with Crippen molar-refractivity contribution in [3.8, 4) is 5.75 Å². The smallest absolute Gasteiger partial charge is 0.335 e. The van der Waals surface area contributed by atoms with E-state index in [0.29, 0.717) is 5.75 Å². The number of aromatic carboxylic acids is 1. The number of rotatable bonds is 3. The van der Waals surface area contributed by atoms with Crippen molar-refractivity contribution in [3.05, 3.63) is 42.0 Å². The van der Waals surface area contributed by atoms with Crippen molar-refractivity contribution in [2.24, 2.45) is 0 Å². The fourth-order valence-electron chi connectivity index (χ4n) is 1.63. The van der Waals surface area contributed by atoms with E-state index in [2.05, 4.69) is 0 Å². The molecule has 0 saturated heterocycles. The number of carbonyl (C=O) groups is 1. The standard InChI is InChI=1S/C13H12O4/c1-8(14)17-12-5-4-9-6-11(13(15)16)3-2-10(9)7-12/h2-8,14H,1H3,(H,15,16). The highest BCUT2D eigenvalue weighted by atomic mass is 16.6. The van der Waals surface area contributed by atoms with Gasteiger partial charge in [-0.25, -0.2) is 4.79 Å². The van der Waals surface area contributed by atoms with Crippen LogP contribution in [0.1, 0.15) is 17.3 Å². The van der Waals surface area contributed by atoms with Gasteiger partial charge in [-0.3, -0.25) is 0 Å². The molecule has 0 radical (unpaired) electrons. The zero-order valence-corrected chi connectivity index (χ0v) is 9.25. The van der Waals surface area contributed by atoms with E-state index in [1.807, 2.05) is 0 Å². The van der Waals surface area contributed by atoms with Gasteiger partial charge in [-0.05, 0) is 42.0 Å². The Bertz CT molecular complexity index is 560. The normalized spacial score (nSPS) is 12.4. The number of aliphatic hydroxyl groups is 1. The molecule has 0 aliphatic carbocycles. The molecule has 4 heteroatoms. The van der Waals surface area contributed by atoms with Gasteiger partial charge < -0.3 is 14.9 Å². The molecule has 0 spiro atoms. The number of fused-ring (bicyclic) bond motifs is 1. The largest absolute Gasteiger partial charge is 0.478 e. The molecule has 1 unspecified atom stereocenters. The molecular formula is C13H12O4. The molecule has 0 heterocycles. The molecule has 2 aromatic rings. The van der Waals surface area contributed by atoms with E-state index < -0.39 is 12.3 Å². The van der Waals surface area contributed by atoms with Crippen molar-refractivity contribution < 1.29 is 19.7 Å². The van der Waals surface area contributed by atoms with Crippen LogP contribution in [0.4, 0.5) is 0 Å². The van der Waals surface area contributed by atoms with Gasteiger partial charge in [0.15, 0.2) is 6.29 Å². The maximum Gasteiger partial charge on any atom is 0.335 e. The van der Waals surface area contributed by atoms with Crippen molar-refractivity contribution in [3.63, 3.8) is 0 Å². The summed E-state index contributed by atoms with van der Waals surface area (Å²) >= 11 is 0. The Morgan fingerprint density at radius 1 is 1.18 bits per heavy atom. The minimum Gasteiger partial charge on any atom is -0.478 e. The molecule has 0 bridgehead atoms. The van der Waals surface area contributed by atoms with Crippen LogP contribution in [0.5, 0.6) is 5.75 Å². The van der Waals surface area contributed by atoms with Crippen LogP contribution in [0.3, 0.4) is 0 Å². The van der Waals surface area contributed by atoms with Gasteiger partial charge in [0, 0.05) is 0 Å². The molecule has 2 N–H and O–H groups in total. The summed E-state index contributed by atoms with van der Waals surface area (Å²) in [6.45, 7) is 1.53. The molecule has 17 heavy (non-hydrogen) atoms. The van der Waals surface area contributed by atoms with Crippen LogP contribution in [0.2, 0.25) is 0 Å². The first kappa shape index (κ1) is 11.4. The highest BCUT2D eigenvalue weighted by molar-refractivity contribution is 5.94. The highest BCUT2D eigenvalue weighted by Crippen LogP contribution is 2.22. The Morgan fingerprint density at radius 3 is 2.47 bits per heavy atom. The van der Waals surface area contributed by atoms with Gasteiger partial charge in [-0.1, -0.05) is 12.1 Å². The van der Waals surface area contributed by atoms with E-state index in [4.69, 9.17) is 14.9 Å². The molecule has 0 aliphatic heterocycles. The molecule has 1 atom stereocenters. The quantitative estimate of drug-likeness (QED) is 0.796. The third-order valence-electron chi connectivity index (χ3n) is 2.37. The highest BCUT2D eigenvalue weighted by Gasteiger charge is 2.05. The molecule has 0 aromatic heterocycles. The molecule has 2 aromatic carbocycles. The fraction of sp³-hybridized carbons (Fsp3) is 0.154. The number of carboxylic acid groups (broad SMARTS) is 1. The summed E-state index contributed by atoms with van der Waals surface area (Å²) in [5.41, 5.74) is 0.252. The molecule has 0 aliphatic rings. The van der Waals surface area contributed by atoms with Gasteiger partial charge in [0.25, 0.3) is 0 Å². The summed E-state index contributed by atoms with van der Waals surface area (Å²) in [5, 5.41) is 19.6. The zero-order chi connectivity index (χ0) is 12.4. The van der Waals surface area contributed by atoms with Crippen LogP contribution >= 0.6 is 0 Å². The number of benzene rings is 2. The van der Waals surface area contributed by atoms with E-state index >= 15 is 0 Å². The third kappa shape index (κ3) is 2.54. The fourth-order valence-corrected chi connectivity index (χ4v) is 1.63.